The van der Waals surface area contributed by atoms with Crippen LogP contribution in [0.1, 0.15) is 43.4 Å². The largest absolute Gasteiger partial charge is 0.425 e. The maximum atomic E-state index is 13.4. The SMILES string of the molecule is CCCCCc1nnc(NC(=O)CC(O)(c2nccn2C)C(F)(F)F)s1. The van der Waals surface area contributed by atoms with Crippen molar-refractivity contribution < 1.29 is 23.1 Å². The van der Waals surface area contributed by atoms with E-state index in [1.807, 2.05) is 0 Å². The lowest BCUT2D eigenvalue weighted by molar-refractivity contribution is -0.270. The second-order valence-corrected chi connectivity index (χ2v) is 6.96. The molecule has 2 aromatic rings. The summed E-state index contributed by atoms with van der Waals surface area (Å²) in [6.07, 6.45) is -0.223. The molecule has 144 valence electrons. The highest BCUT2D eigenvalue weighted by molar-refractivity contribution is 7.15. The van der Waals surface area contributed by atoms with Gasteiger partial charge in [-0.2, -0.15) is 13.2 Å². The normalized spacial score (nSPS) is 14.2. The lowest BCUT2D eigenvalue weighted by Gasteiger charge is -2.29. The molecule has 26 heavy (non-hydrogen) atoms. The fraction of sp³-hybridized carbons (Fsp3) is 0.600. The van der Waals surface area contributed by atoms with Crippen LogP contribution in [0.5, 0.6) is 0 Å². The summed E-state index contributed by atoms with van der Waals surface area (Å²) in [4.78, 5) is 15.6. The van der Waals surface area contributed by atoms with Crippen LogP contribution in [0.15, 0.2) is 12.4 Å². The van der Waals surface area contributed by atoms with Gasteiger partial charge in [-0.1, -0.05) is 31.1 Å². The van der Waals surface area contributed by atoms with Gasteiger partial charge in [-0.05, 0) is 6.42 Å². The minimum Gasteiger partial charge on any atom is -0.374 e. The van der Waals surface area contributed by atoms with E-state index in [9.17, 15) is 23.1 Å². The fourth-order valence-corrected chi connectivity index (χ4v) is 3.20. The van der Waals surface area contributed by atoms with Gasteiger partial charge in [-0.25, -0.2) is 4.98 Å². The highest BCUT2D eigenvalue weighted by atomic mass is 32.1. The van der Waals surface area contributed by atoms with Crippen molar-refractivity contribution in [3.8, 4) is 0 Å². The molecule has 0 radical (unpaired) electrons. The van der Waals surface area contributed by atoms with Crippen LogP contribution in [0.25, 0.3) is 0 Å². The summed E-state index contributed by atoms with van der Waals surface area (Å²) in [6, 6.07) is 0. The van der Waals surface area contributed by atoms with Crippen molar-refractivity contribution in [2.24, 2.45) is 7.05 Å². The van der Waals surface area contributed by atoms with Crippen molar-refractivity contribution in [1.29, 1.82) is 0 Å². The second kappa shape index (κ2) is 8.12. The van der Waals surface area contributed by atoms with Gasteiger partial charge in [0.1, 0.15) is 5.01 Å². The Bertz CT molecular complexity index is 746. The van der Waals surface area contributed by atoms with E-state index < -0.39 is 29.9 Å². The standard InChI is InChI=1S/C15H20F3N5O2S/c1-3-4-5-6-11-21-22-13(26-11)20-10(24)9-14(25,15(16,17)18)12-19-7-8-23(12)2/h7-8,25H,3-6,9H2,1-2H3,(H,20,22,24). The zero-order chi connectivity index (χ0) is 19.4. The molecule has 0 bridgehead atoms. The minimum atomic E-state index is -5.07. The molecular formula is C15H20F3N5O2S. The summed E-state index contributed by atoms with van der Waals surface area (Å²) < 4.78 is 41.3. The lowest BCUT2D eigenvalue weighted by Crippen LogP contribution is -2.46. The first-order valence-electron chi connectivity index (χ1n) is 8.06. The van der Waals surface area contributed by atoms with Gasteiger partial charge in [0.05, 0.1) is 6.42 Å². The Morgan fingerprint density at radius 1 is 1.35 bits per heavy atom. The van der Waals surface area contributed by atoms with Crippen LogP contribution in [0, 0.1) is 0 Å². The Kier molecular flexibility index (Phi) is 6.34. The second-order valence-electron chi connectivity index (χ2n) is 5.90. The molecule has 0 saturated heterocycles. The zero-order valence-electron chi connectivity index (χ0n) is 14.4. The van der Waals surface area contributed by atoms with Crippen LogP contribution in [-0.2, 0) is 23.9 Å². The number of hydrogen-bond donors (Lipinski definition) is 2. The number of aryl methyl sites for hydroxylation is 2. The quantitative estimate of drug-likeness (QED) is 0.675. The van der Waals surface area contributed by atoms with Gasteiger partial charge in [0.15, 0.2) is 5.82 Å². The predicted octanol–water partition coefficient (Wildman–Crippen LogP) is 2.78. The number of nitrogens with zero attached hydrogens (tertiary/aromatic N) is 4. The Hall–Kier alpha value is -2.01. The van der Waals surface area contributed by atoms with Crippen molar-refractivity contribution in [2.45, 2.75) is 50.8 Å². The number of anilines is 1. The number of hydrogen-bond acceptors (Lipinski definition) is 6. The smallest absolute Gasteiger partial charge is 0.374 e. The van der Waals surface area contributed by atoms with Crippen LogP contribution in [0.4, 0.5) is 18.3 Å². The average molecular weight is 391 g/mol. The van der Waals surface area contributed by atoms with E-state index in [1.165, 1.54) is 13.2 Å². The number of carbonyl (C=O) groups excluding carboxylic acids is 1. The van der Waals surface area contributed by atoms with E-state index in [1.54, 1.807) is 0 Å². The van der Waals surface area contributed by atoms with Crippen molar-refractivity contribution >= 4 is 22.4 Å². The molecule has 0 spiro atoms. The molecule has 2 N–H and O–H groups in total. The molecule has 2 aromatic heterocycles. The fourth-order valence-electron chi connectivity index (χ4n) is 2.40. The molecule has 0 aliphatic heterocycles. The number of unbranched alkanes of at least 4 members (excludes halogenated alkanes) is 2. The van der Waals surface area contributed by atoms with Gasteiger partial charge < -0.3 is 15.0 Å². The molecule has 7 nitrogen and oxygen atoms in total. The average Bonchev–Trinajstić information content (AvgIpc) is 3.15. The maximum absolute atomic E-state index is 13.4. The van der Waals surface area contributed by atoms with E-state index in [0.717, 1.165) is 41.4 Å². The Labute approximate surface area is 152 Å². The van der Waals surface area contributed by atoms with E-state index in [0.29, 0.717) is 11.4 Å². The molecular weight excluding hydrogens is 371 g/mol. The van der Waals surface area contributed by atoms with Crippen molar-refractivity contribution in [3.05, 3.63) is 23.2 Å². The van der Waals surface area contributed by atoms with E-state index >= 15 is 0 Å². The van der Waals surface area contributed by atoms with Gasteiger partial charge in [0.2, 0.25) is 16.6 Å². The minimum absolute atomic E-state index is 0.103. The number of aromatic nitrogens is 4. The van der Waals surface area contributed by atoms with Crippen LogP contribution >= 0.6 is 11.3 Å². The summed E-state index contributed by atoms with van der Waals surface area (Å²) >= 11 is 1.11. The maximum Gasteiger partial charge on any atom is 0.425 e. The first-order chi connectivity index (χ1) is 12.2. The van der Waals surface area contributed by atoms with Crippen molar-refractivity contribution in [3.63, 3.8) is 0 Å². The highest BCUT2D eigenvalue weighted by Crippen LogP contribution is 2.40. The molecule has 2 heterocycles. The summed E-state index contributed by atoms with van der Waals surface area (Å²) in [7, 11) is 1.31. The summed E-state index contributed by atoms with van der Waals surface area (Å²) in [5.41, 5.74) is -3.40. The van der Waals surface area contributed by atoms with Crippen LogP contribution in [0.3, 0.4) is 0 Å². The molecule has 0 saturated carbocycles. The van der Waals surface area contributed by atoms with Crippen LogP contribution < -0.4 is 5.32 Å². The van der Waals surface area contributed by atoms with Gasteiger partial charge in [0.25, 0.3) is 0 Å². The summed E-state index contributed by atoms with van der Waals surface area (Å²) in [5.74, 6) is -1.68. The molecule has 1 atom stereocenters. The highest BCUT2D eigenvalue weighted by Gasteiger charge is 2.58. The first-order valence-corrected chi connectivity index (χ1v) is 8.88. The lowest BCUT2D eigenvalue weighted by atomic mass is 9.97. The van der Waals surface area contributed by atoms with E-state index in [-0.39, 0.29) is 5.13 Å². The molecule has 1 amide bonds. The van der Waals surface area contributed by atoms with Gasteiger partial charge in [-0.15, -0.1) is 10.2 Å². The number of aliphatic hydroxyl groups is 1. The Morgan fingerprint density at radius 2 is 2.08 bits per heavy atom. The molecule has 2 rings (SSSR count). The molecule has 0 aliphatic rings. The predicted molar refractivity (Wildman–Crippen MR) is 89.5 cm³/mol. The third-order valence-corrected chi connectivity index (χ3v) is 4.68. The number of halogens is 3. The number of amides is 1. The summed E-state index contributed by atoms with van der Waals surface area (Å²) in [6.45, 7) is 2.06. The molecule has 0 aromatic carbocycles. The topological polar surface area (TPSA) is 92.9 Å². The number of alkyl halides is 3. The van der Waals surface area contributed by atoms with Gasteiger partial charge in [-0.3, -0.25) is 4.79 Å². The first kappa shape index (κ1) is 20.3. The third-order valence-electron chi connectivity index (χ3n) is 3.78. The number of nitrogens with one attached hydrogen (secondary N) is 1. The molecule has 11 heteroatoms. The van der Waals surface area contributed by atoms with Crippen LogP contribution in [-0.4, -0.2) is 36.9 Å². The zero-order valence-corrected chi connectivity index (χ0v) is 15.2. The van der Waals surface area contributed by atoms with E-state index in [2.05, 4.69) is 27.4 Å². The number of rotatable bonds is 8. The third kappa shape index (κ3) is 4.58. The van der Waals surface area contributed by atoms with Crippen LogP contribution in [0.2, 0.25) is 0 Å². The van der Waals surface area contributed by atoms with Gasteiger partial charge >= 0.3 is 6.18 Å². The Morgan fingerprint density at radius 3 is 2.65 bits per heavy atom. The molecule has 1 unspecified atom stereocenters. The van der Waals surface area contributed by atoms with Crippen molar-refractivity contribution in [1.82, 2.24) is 19.7 Å². The Balaban J connectivity index is 2.08. The van der Waals surface area contributed by atoms with E-state index in [4.69, 9.17) is 0 Å². The van der Waals surface area contributed by atoms with Gasteiger partial charge in [0, 0.05) is 25.9 Å². The monoisotopic (exact) mass is 391 g/mol. The summed E-state index contributed by atoms with van der Waals surface area (Å²) in [5, 5.41) is 20.9. The van der Waals surface area contributed by atoms with Crippen molar-refractivity contribution in [2.75, 3.05) is 5.32 Å². The number of imidazole rings is 1. The molecule has 0 aliphatic carbocycles. The molecule has 0 fully saturated rings. The number of carbonyl (C=O) groups is 1.